The first-order valence-corrected chi connectivity index (χ1v) is 11.0. The molecule has 1 unspecified atom stereocenters. The third-order valence-electron chi connectivity index (χ3n) is 6.29. The van der Waals surface area contributed by atoms with Crippen LogP contribution in [0.15, 0.2) is 94.2 Å². The van der Waals surface area contributed by atoms with E-state index in [0.717, 1.165) is 33.8 Å². The molecule has 0 N–H and O–H groups in total. The van der Waals surface area contributed by atoms with Gasteiger partial charge in [-0.1, -0.05) is 65.8 Å². The molecule has 0 radical (unpaired) electrons. The predicted octanol–water partition coefficient (Wildman–Crippen LogP) is 5.76. The zero-order valence-corrected chi connectivity index (χ0v) is 18.1. The first kappa shape index (κ1) is 19.4. The molecule has 1 aliphatic carbocycles. The molecule has 5 nitrogen and oxygen atoms in total. The lowest BCUT2D eigenvalue weighted by Gasteiger charge is -2.25. The van der Waals surface area contributed by atoms with Crippen molar-refractivity contribution in [3.8, 4) is 5.69 Å². The number of hydrogen-bond acceptors (Lipinski definition) is 4. The molecule has 2 heterocycles. The van der Waals surface area contributed by atoms with Gasteiger partial charge in [0.2, 0.25) is 0 Å². The van der Waals surface area contributed by atoms with E-state index in [1.807, 2.05) is 79.7 Å². The molecule has 0 fully saturated rings. The number of nitrogens with zero attached hydrogens (tertiary/aromatic N) is 3. The second-order valence-electron chi connectivity index (χ2n) is 8.30. The van der Waals surface area contributed by atoms with Gasteiger partial charge in [-0.2, -0.15) is 0 Å². The van der Waals surface area contributed by atoms with Crippen molar-refractivity contribution in [3.05, 3.63) is 124 Å². The van der Waals surface area contributed by atoms with Crippen molar-refractivity contribution in [1.29, 1.82) is 0 Å². The lowest BCUT2D eigenvalue weighted by Crippen LogP contribution is -2.27. The van der Waals surface area contributed by atoms with E-state index in [9.17, 15) is 4.79 Å². The molecule has 5 heteroatoms. The van der Waals surface area contributed by atoms with Gasteiger partial charge in [0, 0.05) is 5.56 Å². The number of aromatic nitrogens is 3. The first-order chi connectivity index (χ1) is 16.2. The van der Waals surface area contributed by atoms with Gasteiger partial charge >= 0.3 is 0 Å². The molecular formula is C28H21N3O2. The Labute approximate surface area is 190 Å². The Morgan fingerprint density at radius 2 is 1.61 bits per heavy atom. The van der Waals surface area contributed by atoms with E-state index in [-0.39, 0.29) is 11.5 Å². The highest BCUT2D eigenvalue weighted by molar-refractivity contribution is 5.85. The molecule has 33 heavy (non-hydrogen) atoms. The Balaban J connectivity index is 1.64. The summed E-state index contributed by atoms with van der Waals surface area (Å²) in [7, 11) is 0. The van der Waals surface area contributed by atoms with Crippen LogP contribution in [-0.4, -0.2) is 14.7 Å². The van der Waals surface area contributed by atoms with Crippen LogP contribution in [0.1, 0.15) is 40.7 Å². The summed E-state index contributed by atoms with van der Waals surface area (Å²) in [4.78, 5) is 18.8. The van der Waals surface area contributed by atoms with Gasteiger partial charge in [0.15, 0.2) is 5.76 Å². The topological polar surface area (TPSA) is 60.9 Å². The summed E-state index contributed by atoms with van der Waals surface area (Å²) in [5.74, 6) is 1.24. The summed E-state index contributed by atoms with van der Waals surface area (Å²) in [6, 6.07) is 27.5. The average molecular weight is 431 g/mol. The van der Waals surface area contributed by atoms with E-state index >= 15 is 0 Å². The third-order valence-corrected chi connectivity index (χ3v) is 6.29. The van der Waals surface area contributed by atoms with Crippen LogP contribution in [0.25, 0.3) is 28.2 Å². The molecule has 2 aromatic heterocycles. The Morgan fingerprint density at radius 1 is 0.909 bits per heavy atom. The van der Waals surface area contributed by atoms with Crippen molar-refractivity contribution < 1.29 is 4.52 Å². The molecule has 3 aromatic carbocycles. The van der Waals surface area contributed by atoms with Crippen LogP contribution in [0.4, 0.5) is 0 Å². The van der Waals surface area contributed by atoms with Crippen LogP contribution in [0, 0.1) is 6.92 Å². The largest absolute Gasteiger partial charge is 0.356 e. The van der Waals surface area contributed by atoms with Crippen molar-refractivity contribution in [1.82, 2.24) is 14.7 Å². The van der Waals surface area contributed by atoms with Crippen molar-refractivity contribution in [2.24, 2.45) is 0 Å². The summed E-state index contributed by atoms with van der Waals surface area (Å²) < 4.78 is 7.46. The minimum Gasteiger partial charge on any atom is -0.356 e. The number of allylic oxidation sites excluding steroid dienone is 1. The Hall–Kier alpha value is -4.25. The molecule has 6 rings (SSSR count). The van der Waals surface area contributed by atoms with Gasteiger partial charge in [0.25, 0.3) is 5.56 Å². The number of rotatable bonds is 3. The highest BCUT2D eigenvalue weighted by atomic mass is 16.5. The van der Waals surface area contributed by atoms with Crippen LogP contribution in [0.5, 0.6) is 0 Å². The summed E-state index contributed by atoms with van der Waals surface area (Å²) in [6.07, 6.45) is 2.75. The standard InChI is InChI=1S/C28H21N3O2/c1-18-26-23(16-20(17-25(26)33-30-18)19-10-4-2-5-11-19)27-29-24-15-9-8-14-22(24)28(32)31(27)21-12-6-3-7-13-21/h2-15,17,23H,16H2,1H3. The second kappa shape index (κ2) is 7.71. The SMILES string of the molecule is Cc1noc2c1C(c1nc3ccccc3c(=O)n1-c1ccccc1)CC(c1ccccc1)=C2. The van der Waals surface area contributed by atoms with Gasteiger partial charge < -0.3 is 4.52 Å². The lowest BCUT2D eigenvalue weighted by molar-refractivity contribution is 0.406. The quantitative estimate of drug-likeness (QED) is 0.364. The van der Waals surface area contributed by atoms with Crippen molar-refractivity contribution in [2.45, 2.75) is 19.3 Å². The zero-order chi connectivity index (χ0) is 22.4. The van der Waals surface area contributed by atoms with E-state index in [1.165, 1.54) is 0 Å². The fourth-order valence-electron chi connectivity index (χ4n) is 4.75. The summed E-state index contributed by atoms with van der Waals surface area (Å²) in [6.45, 7) is 1.95. The minimum absolute atomic E-state index is 0.0757. The van der Waals surface area contributed by atoms with E-state index in [1.54, 1.807) is 4.57 Å². The van der Waals surface area contributed by atoms with Crippen LogP contribution in [0.3, 0.4) is 0 Å². The molecule has 0 saturated carbocycles. The van der Waals surface area contributed by atoms with Crippen LogP contribution < -0.4 is 5.56 Å². The zero-order valence-electron chi connectivity index (χ0n) is 18.1. The van der Waals surface area contributed by atoms with Gasteiger partial charge in [0.05, 0.1) is 28.2 Å². The van der Waals surface area contributed by atoms with Crippen LogP contribution >= 0.6 is 0 Å². The summed E-state index contributed by atoms with van der Waals surface area (Å²) in [5.41, 5.74) is 5.47. The molecule has 0 spiro atoms. The maximum atomic E-state index is 13.7. The fraction of sp³-hybridized carbons (Fsp3) is 0.107. The number of para-hydroxylation sites is 2. The van der Waals surface area contributed by atoms with Crippen LogP contribution in [0.2, 0.25) is 0 Å². The van der Waals surface area contributed by atoms with Gasteiger partial charge in [-0.25, -0.2) is 4.98 Å². The number of fused-ring (bicyclic) bond motifs is 2. The van der Waals surface area contributed by atoms with Crippen molar-refractivity contribution in [3.63, 3.8) is 0 Å². The maximum absolute atomic E-state index is 13.7. The normalized spacial score (nSPS) is 15.3. The van der Waals surface area contributed by atoms with Gasteiger partial charge in [0.1, 0.15) is 5.82 Å². The van der Waals surface area contributed by atoms with Gasteiger partial charge in [-0.05, 0) is 54.8 Å². The average Bonchev–Trinajstić information content (AvgIpc) is 3.25. The second-order valence-corrected chi connectivity index (χ2v) is 8.30. The van der Waals surface area contributed by atoms with E-state index < -0.39 is 0 Å². The third kappa shape index (κ3) is 3.21. The fourth-order valence-corrected chi connectivity index (χ4v) is 4.75. The first-order valence-electron chi connectivity index (χ1n) is 11.0. The molecule has 1 aliphatic rings. The van der Waals surface area contributed by atoms with E-state index in [2.05, 4.69) is 23.4 Å². The van der Waals surface area contributed by atoms with Crippen molar-refractivity contribution >= 4 is 22.6 Å². The molecule has 5 aromatic rings. The van der Waals surface area contributed by atoms with Gasteiger partial charge in [-0.15, -0.1) is 0 Å². The number of hydrogen-bond donors (Lipinski definition) is 0. The Bertz CT molecular complexity index is 1560. The lowest BCUT2D eigenvalue weighted by atomic mass is 9.82. The molecule has 0 aliphatic heterocycles. The number of aryl methyl sites for hydroxylation is 1. The predicted molar refractivity (Wildman–Crippen MR) is 129 cm³/mol. The number of benzene rings is 3. The molecule has 1 atom stereocenters. The molecule has 0 bridgehead atoms. The smallest absolute Gasteiger partial charge is 0.265 e. The highest BCUT2D eigenvalue weighted by Gasteiger charge is 2.33. The summed E-state index contributed by atoms with van der Waals surface area (Å²) >= 11 is 0. The summed E-state index contributed by atoms with van der Waals surface area (Å²) in [5, 5.41) is 4.85. The molecule has 0 amide bonds. The Kier molecular flexibility index (Phi) is 4.54. The monoisotopic (exact) mass is 431 g/mol. The Morgan fingerprint density at radius 3 is 2.39 bits per heavy atom. The van der Waals surface area contributed by atoms with Gasteiger partial charge in [-0.3, -0.25) is 9.36 Å². The molecular weight excluding hydrogens is 410 g/mol. The van der Waals surface area contributed by atoms with E-state index in [4.69, 9.17) is 9.51 Å². The van der Waals surface area contributed by atoms with Crippen LogP contribution in [-0.2, 0) is 0 Å². The minimum atomic E-state index is -0.177. The van der Waals surface area contributed by atoms with Crippen molar-refractivity contribution in [2.75, 3.05) is 0 Å². The maximum Gasteiger partial charge on any atom is 0.265 e. The van der Waals surface area contributed by atoms with E-state index in [0.29, 0.717) is 23.1 Å². The molecule has 0 saturated heterocycles. The molecule has 160 valence electrons. The highest BCUT2D eigenvalue weighted by Crippen LogP contribution is 2.43.